The van der Waals surface area contributed by atoms with Crippen molar-refractivity contribution < 1.29 is 4.79 Å². The Morgan fingerprint density at radius 3 is 2.52 bits per heavy atom. The Kier molecular flexibility index (Phi) is 6.65. The van der Waals surface area contributed by atoms with Crippen molar-refractivity contribution in [3.8, 4) is 0 Å². The number of benzene rings is 1. The molecule has 2 atom stereocenters. The van der Waals surface area contributed by atoms with Gasteiger partial charge in [-0.1, -0.05) is 13.0 Å². The average Bonchev–Trinajstić information content (AvgIpc) is 2.38. The molecule has 0 heterocycles. The Balaban J connectivity index is 2.70. The predicted octanol–water partition coefficient (Wildman–Crippen LogP) is 1.87. The number of rotatable bonds is 7. The number of hydrogen-bond donors (Lipinski definition) is 2. The maximum atomic E-state index is 12.4. The number of nitrogens with one attached hydrogen (secondary N) is 1. The smallest absolute Gasteiger partial charge is 0.241 e. The molecule has 1 aromatic rings. The summed E-state index contributed by atoms with van der Waals surface area (Å²) in [4.78, 5) is 16.7. The highest BCUT2D eigenvalue weighted by Gasteiger charge is 2.24. The number of carbonyl (C=O) groups excluding carboxylic acids is 1. The standard InChI is InChI=1S/C16H28N4O/c1-6-20(12(2)11-19(4)5)13(3)16(21)18-15-9-7-8-14(17)10-15/h7-10,12-13H,6,11,17H2,1-5H3,(H,18,21). The van der Waals surface area contributed by atoms with E-state index in [-0.39, 0.29) is 11.9 Å². The third-order valence-electron chi connectivity index (χ3n) is 3.59. The van der Waals surface area contributed by atoms with Crippen LogP contribution in [0.1, 0.15) is 20.8 Å². The fourth-order valence-electron chi connectivity index (χ4n) is 2.61. The first-order valence-electron chi connectivity index (χ1n) is 7.42. The number of likely N-dealkylation sites (N-methyl/N-ethyl adjacent to an activating group) is 2. The first-order chi connectivity index (χ1) is 9.85. The number of nitrogen functional groups attached to an aromatic ring is 1. The second kappa shape index (κ2) is 8.00. The molecule has 5 heteroatoms. The van der Waals surface area contributed by atoms with Crippen LogP contribution in [0.5, 0.6) is 0 Å². The van der Waals surface area contributed by atoms with Crippen molar-refractivity contribution in [3.63, 3.8) is 0 Å². The number of nitrogens with zero attached hydrogens (tertiary/aromatic N) is 2. The zero-order valence-corrected chi connectivity index (χ0v) is 13.8. The van der Waals surface area contributed by atoms with Gasteiger partial charge in [-0.2, -0.15) is 0 Å². The number of amides is 1. The fourth-order valence-corrected chi connectivity index (χ4v) is 2.61. The van der Waals surface area contributed by atoms with Crippen LogP contribution in [0.25, 0.3) is 0 Å². The molecule has 21 heavy (non-hydrogen) atoms. The Hall–Kier alpha value is -1.59. The highest BCUT2D eigenvalue weighted by atomic mass is 16.2. The van der Waals surface area contributed by atoms with Crippen LogP contribution in [0.15, 0.2) is 24.3 Å². The molecular weight excluding hydrogens is 264 g/mol. The molecule has 1 aromatic carbocycles. The largest absolute Gasteiger partial charge is 0.399 e. The van der Waals surface area contributed by atoms with Crippen molar-refractivity contribution in [1.29, 1.82) is 0 Å². The molecular formula is C16H28N4O. The molecule has 0 spiro atoms. The van der Waals surface area contributed by atoms with Crippen LogP contribution in [-0.4, -0.2) is 55.0 Å². The monoisotopic (exact) mass is 292 g/mol. The van der Waals surface area contributed by atoms with Crippen LogP contribution in [0.2, 0.25) is 0 Å². The number of carbonyl (C=O) groups is 1. The van der Waals surface area contributed by atoms with Gasteiger partial charge in [0, 0.05) is 24.0 Å². The highest BCUT2D eigenvalue weighted by molar-refractivity contribution is 5.94. The lowest BCUT2D eigenvalue weighted by molar-refractivity contribution is -0.121. The molecule has 2 unspecified atom stereocenters. The van der Waals surface area contributed by atoms with Gasteiger partial charge in [0.25, 0.3) is 0 Å². The summed E-state index contributed by atoms with van der Waals surface area (Å²) in [7, 11) is 4.09. The molecule has 118 valence electrons. The molecule has 0 aliphatic carbocycles. The summed E-state index contributed by atoms with van der Waals surface area (Å²) in [5.41, 5.74) is 7.12. The summed E-state index contributed by atoms with van der Waals surface area (Å²) < 4.78 is 0. The minimum Gasteiger partial charge on any atom is -0.399 e. The molecule has 0 aliphatic heterocycles. The van der Waals surface area contributed by atoms with E-state index in [1.54, 1.807) is 12.1 Å². The molecule has 0 aromatic heterocycles. The molecule has 0 aliphatic rings. The SMILES string of the molecule is CCN(C(C)CN(C)C)C(C)C(=O)Nc1cccc(N)c1. The van der Waals surface area contributed by atoms with Gasteiger partial charge in [-0.05, 0) is 52.7 Å². The second-order valence-corrected chi connectivity index (χ2v) is 5.73. The summed E-state index contributed by atoms with van der Waals surface area (Å²) in [6, 6.07) is 7.38. The van der Waals surface area contributed by atoms with Crippen LogP contribution in [0, 0.1) is 0 Å². The van der Waals surface area contributed by atoms with E-state index < -0.39 is 0 Å². The normalized spacial score (nSPS) is 14.2. The van der Waals surface area contributed by atoms with Gasteiger partial charge in [0.1, 0.15) is 0 Å². The van der Waals surface area contributed by atoms with Crippen molar-refractivity contribution in [2.75, 3.05) is 38.2 Å². The summed E-state index contributed by atoms with van der Waals surface area (Å²) >= 11 is 0. The minimum atomic E-state index is -0.189. The van der Waals surface area contributed by atoms with E-state index in [0.717, 1.165) is 18.8 Å². The second-order valence-electron chi connectivity index (χ2n) is 5.73. The molecule has 0 bridgehead atoms. The third-order valence-corrected chi connectivity index (χ3v) is 3.59. The number of anilines is 2. The molecule has 0 fully saturated rings. The Morgan fingerprint density at radius 2 is 2.00 bits per heavy atom. The molecule has 1 amide bonds. The quantitative estimate of drug-likeness (QED) is 0.753. The van der Waals surface area contributed by atoms with E-state index in [1.165, 1.54) is 0 Å². The highest BCUT2D eigenvalue weighted by Crippen LogP contribution is 2.14. The Labute approximate surface area is 128 Å². The van der Waals surface area contributed by atoms with E-state index in [2.05, 4.69) is 29.0 Å². The van der Waals surface area contributed by atoms with Gasteiger partial charge in [-0.25, -0.2) is 0 Å². The molecule has 0 radical (unpaired) electrons. The van der Waals surface area contributed by atoms with E-state index in [9.17, 15) is 4.79 Å². The van der Waals surface area contributed by atoms with Crippen molar-refractivity contribution >= 4 is 17.3 Å². The van der Waals surface area contributed by atoms with Gasteiger partial charge in [-0.3, -0.25) is 9.69 Å². The van der Waals surface area contributed by atoms with E-state index >= 15 is 0 Å². The van der Waals surface area contributed by atoms with Crippen LogP contribution in [0.3, 0.4) is 0 Å². The lowest BCUT2D eigenvalue weighted by atomic mass is 10.1. The average molecular weight is 292 g/mol. The summed E-state index contributed by atoms with van der Waals surface area (Å²) in [6.45, 7) is 7.92. The van der Waals surface area contributed by atoms with Crippen LogP contribution in [-0.2, 0) is 4.79 Å². The molecule has 1 rings (SSSR count). The Bertz CT molecular complexity index is 461. The zero-order chi connectivity index (χ0) is 16.0. The third kappa shape index (κ3) is 5.36. The number of nitrogens with two attached hydrogens (primary N) is 1. The topological polar surface area (TPSA) is 61.6 Å². The fraction of sp³-hybridized carbons (Fsp3) is 0.562. The van der Waals surface area contributed by atoms with Crippen LogP contribution < -0.4 is 11.1 Å². The maximum absolute atomic E-state index is 12.4. The van der Waals surface area contributed by atoms with Crippen LogP contribution in [0.4, 0.5) is 11.4 Å². The van der Waals surface area contributed by atoms with Crippen molar-refractivity contribution in [1.82, 2.24) is 9.80 Å². The van der Waals surface area contributed by atoms with E-state index in [1.807, 2.05) is 33.2 Å². The first kappa shape index (κ1) is 17.5. The van der Waals surface area contributed by atoms with Gasteiger partial charge in [0.15, 0.2) is 0 Å². The first-order valence-corrected chi connectivity index (χ1v) is 7.42. The molecule has 5 nitrogen and oxygen atoms in total. The molecule has 0 saturated heterocycles. The summed E-state index contributed by atoms with van der Waals surface area (Å²) in [5, 5.41) is 2.93. The van der Waals surface area contributed by atoms with Crippen LogP contribution >= 0.6 is 0 Å². The molecule has 3 N–H and O–H groups in total. The molecule has 0 saturated carbocycles. The van der Waals surface area contributed by atoms with E-state index in [0.29, 0.717) is 11.7 Å². The van der Waals surface area contributed by atoms with Crippen molar-refractivity contribution in [2.24, 2.45) is 0 Å². The summed E-state index contributed by atoms with van der Waals surface area (Å²) in [5.74, 6) is -0.00643. The van der Waals surface area contributed by atoms with E-state index in [4.69, 9.17) is 5.73 Å². The van der Waals surface area contributed by atoms with Gasteiger partial charge in [0.2, 0.25) is 5.91 Å². The maximum Gasteiger partial charge on any atom is 0.241 e. The lowest BCUT2D eigenvalue weighted by Gasteiger charge is -2.34. The zero-order valence-electron chi connectivity index (χ0n) is 13.8. The Morgan fingerprint density at radius 1 is 1.33 bits per heavy atom. The van der Waals surface area contributed by atoms with Gasteiger partial charge < -0.3 is 16.0 Å². The van der Waals surface area contributed by atoms with Crippen molar-refractivity contribution in [2.45, 2.75) is 32.9 Å². The lowest BCUT2D eigenvalue weighted by Crippen LogP contribution is -2.49. The van der Waals surface area contributed by atoms with Gasteiger partial charge in [0.05, 0.1) is 6.04 Å². The predicted molar refractivity (Wildman–Crippen MR) is 89.3 cm³/mol. The summed E-state index contributed by atoms with van der Waals surface area (Å²) in [6.07, 6.45) is 0. The minimum absolute atomic E-state index is 0.00643. The van der Waals surface area contributed by atoms with Gasteiger partial charge in [-0.15, -0.1) is 0 Å². The van der Waals surface area contributed by atoms with Crippen molar-refractivity contribution in [3.05, 3.63) is 24.3 Å². The number of hydrogen-bond acceptors (Lipinski definition) is 4. The van der Waals surface area contributed by atoms with Gasteiger partial charge >= 0.3 is 0 Å².